The maximum Gasteiger partial charge on any atom is 0.290 e. The molecule has 1 aliphatic rings. The summed E-state index contributed by atoms with van der Waals surface area (Å²) in [7, 11) is 0. The number of aromatic amines is 1. The van der Waals surface area contributed by atoms with Crippen molar-refractivity contribution in [2.45, 2.75) is 39.0 Å². The predicted molar refractivity (Wildman–Crippen MR) is 69.1 cm³/mol. The minimum Gasteiger partial charge on any atom is -0.365 e. The molecule has 4 nitrogen and oxygen atoms in total. The maximum absolute atomic E-state index is 11.4. The molecule has 1 saturated carbocycles. The lowest BCUT2D eigenvalue weighted by Crippen LogP contribution is -2.20. The SMILES string of the molecule is CC1CCCC(CCNc2ncc[nH]c2=O)C1. The van der Waals surface area contributed by atoms with Gasteiger partial charge < -0.3 is 10.3 Å². The molecule has 0 aromatic carbocycles. The molecule has 0 radical (unpaired) electrons. The number of anilines is 1. The van der Waals surface area contributed by atoms with Crippen LogP contribution in [-0.2, 0) is 0 Å². The summed E-state index contributed by atoms with van der Waals surface area (Å²) in [6, 6.07) is 0. The highest BCUT2D eigenvalue weighted by Gasteiger charge is 2.18. The van der Waals surface area contributed by atoms with E-state index in [1.165, 1.54) is 25.7 Å². The summed E-state index contributed by atoms with van der Waals surface area (Å²) < 4.78 is 0. The third-order valence-electron chi connectivity index (χ3n) is 3.60. The van der Waals surface area contributed by atoms with Crippen molar-refractivity contribution in [3.63, 3.8) is 0 Å². The molecule has 1 aromatic heterocycles. The number of hydrogen-bond acceptors (Lipinski definition) is 3. The summed E-state index contributed by atoms with van der Waals surface area (Å²) in [4.78, 5) is 18.0. The Morgan fingerprint density at radius 2 is 2.41 bits per heavy atom. The Labute approximate surface area is 102 Å². The number of rotatable bonds is 4. The minimum atomic E-state index is -0.135. The Balaban J connectivity index is 1.76. The molecule has 1 heterocycles. The molecule has 1 aromatic rings. The summed E-state index contributed by atoms with van der Waals surface area (Å²) in [5.41, 5.74) is -0.135. The van der Waals surface area contributed by atoms with Gasteiger partial charge in [0, 0.05) is 18.9 Å². The van der Waals surface area contributed by atoms with Crippen LogP contribution in [0.5, 0.6) is 0 Å². The van der Waals surface area contributed by atoms with Gasteiger partial charge in [-0.3, -0.25) is 4.79 Å². The van der Waals surface area contributed by atoms with E-state index < -0.39 is 0 Å². The topological polar surface area (TPSA) is 57.8 Å². The standard InChI is InChI=1S/C13H21N3O/c1-10-3-2-4-11(9-10)5-6-14-12-13(17)16-8-7-15-12/h7-8,10-11H,2-6,9H2,1H3,(H,14,15)(H,16,17). The third-order valence-corrected chi connectivity index (χ3v) is 3.60. The fourth-order valence-electron chi connectivity index (χ4n) is 2.69. The van der Waals surface area contributed by atoms with Crippen LogP contribution in [0.4, 0.5) is 5.82 Å². The second-order valence-corrected chi connectivity index (χ2v) is 5.12. The van der Waals surface area contributed by atoms with Gasteiger partial charge in [-0.15, -0.1) is 0 Å². The van der Waals surface area contributed by atoms with Gasteiger partial charge in [-0.2, -0.15) is 0 Å². The van der Waals surface area contributed by atoms with E-state index in [1.54, 1.807) is 12.4 Å². The second-order valence-electron chi connectivity index (χ2n) is 5.12. The number of H-pyrrole nitrogens is 1. The molecule has 17 heavy (non-hydrogen) atoms. The van der Waals surface area contributed by atoms with Crippen molar-refractivity contribution < 1.29 is 0 Å². The highest BCUT2D eigenvalue weighted by atomic mass is 16.1. The molecule has 4 heteroatoms. The number of nitrogens with zero attached hydrogens (tertiary/aromatic N) is 1. The van der Waals surface area contributed by atoms with E-state index in [-0.39, 0.29) is 5.56 Å². The second kappa shape index (κ2) is 5.84. The first-order chi connectivity index (χ1) is 8.25. The van der Waals surface area contributed by atoms with Crippen LogP contribution in [0.15, 0.2) is 17.2 Å². The van der Waals surface area contributed by atoms with E-state index in [9.17, 15) is 4.79 Å². The van der Waals surface area contributed by atoms with Crippen LogP contribution >= 0.6 is 0 Å². The predicted octanol–water partition coefficient (Wildman–Crippen LogP) is 2.40. The molecule has 2 atom stereocenters. The van der Waals surface area contributed by atoms with Gasteiger partial charge in [-0.05, 0) is 24.7 Å². The van der Waals surface area contributed by atoms with E-state index in [0.717, 1.165) is 24.8 Å². The Kier molecular flexibility index (Phi) is 4.18. The van der Waals surface area contributed by atoms with Crippen molar-refractivity contribution >= 4 is 5.82 Å². The molecule has 0 bridgehead atoms. The maximum atomic E-state index is 11.4. The molecule has 2 rings (SSSR count). The van der Waals surface area contributed by atoms with Crippen molar-refractivity contribution in [3.8, 4) is 0 Å². The lowest BCUT2D eigenvalue weighted by atomic mass is 9.81. The van der Waals surface area contributed by atoms with E-state index in [1.807, 2.05) is 0 Å². The molecule has 1 fully saturated rings. The fraction of sp³-hybridized carbons (Fsp3) is 0.692. The van der Waals surface area contributed by atoms with E-state index in [0.29, 0.717) is 5.82 Å². The van der Waals surface area contributed by atoms with E-state index >= 15 is 0 Å². The summed E-state index contributed by atoms with van der Waals surface area (Å²) in [5.74, 6) is 2.12. The Morgan fingerprint density at radius 3 is 3.18 bits per heavy atom. The van der Waals surface area contributed by atoms with Gasteiger partial charge in [0.05, 0.1) is 0 Å². The van der Waals surface area contributed by atoms with Gasteiger partial charge in [-0.25, -0.2) is 4.98 Å². The van der Waals surface area contributed by atoms with E-state index in [4.69, 9.17) is 0 Å². The Hall–Kier alpha value is -1.32. The van der Waals surface area contributed by atoms with E-state index in [2.05, 4.69) is 22.2 Å². The first-order valence-corrected chi connectivity index (χ1v) is 6.53. The number of nitrogens with one attached hydrogen (secondary N) is 2. The van der Waals surface area contributed by atoms with Crippen LogP contribution in [0, 0.1) is 11.8 Å². The summed E-state index contributed by atoms with van der Waals surface area (Å²) >= 11 is 0. The minimum absolute atomic E-state index is 0.135. The van der Waals surface area contributed by atoms with Crippen LogP contribution in [0.1, 0.15) is 39.0 Å². The molecule has 0 spiro atoms. The lowest BCUT2D eigenvalue weighted by Gasteiger charge is -2.26. The zero-order chi connectivity index (χ0) is 12.1. The zero-order valence-electron chi connectivity index (χ0n) is 10.4. The average molecular weight is 235 g/mol. The van der Waals surface area contributed by atoms with Crippen LogP contribution in [0.25, 0.3) is 0 Å². The van der Waals surface area contributed by atoms with Gasteiger partial charge in [0.15, 0.2) is 5.82 Å². The third kappa shape index (κ3) is 3.58. The van der Waals surface area contributed by atoms with Gasteiger partial charge in [-0.1, -0.05) is 26.2 Å². The number of hydrogen-bond donors (Lipinski definition) is 2. The molecular weight excluding hydrogens is 214 g/mol. The van der Waals surface area contributed by atoms with Crippen molar-refractivity contribution in [1.82, 2.24) is 9.97 Å². The molecular formula is C13H21N3O. The van der Waals surface area contributed by atoms with Gasteiger partial charge >= 0.3 is 0 Å². The lowest BCUT2D eigenvalue weighted by molar-refractivity contribution is 0.274. The van der Waals surface area contributed by atoms with Gasteiger partial charge in [0.1, 0.15) is 0 Å². The molecule has 2 N–H and O–H groups in total. The Morgan fingerprint density at radius 1 is 1.53 bits per heavy atom. The first-order valence-electron chi connectivity index (χ1n) is 6.53. The van der Waals surface area contributed by atoms with Crippen LogP contribution in [0.2, 0.25) is 0 Å². The summed E-state index contributed by atoms with van der Waals surface area (Å²) in [5, 5.41) is 3.12. The zero-order valence-corrected chi connectivity index (χ0v) is 10.4. The highest BCUT2D eigenvalue weighted by Crippen LogP contribution is 2.30. The fourth-order valence-corrected chi connectivity index (χ4v) is 2.69. The number of aromatic nitrogens is 2. The van der Waals surface area contributed by atoms with Crippen molar-refractivity contribution in [1.29, 1.82) is 0 Å². The van der Waals surface area contributed by atoms with Crippen molar-refractivity contribution in [3.05, 3.63) is 22.7 Å². The average Bonchev–Trinajstić information content (AvgIpc) is 2.32. The molecule has 2 unspecified atom stereocenters. The molecule has 1 aliphatic carbocycles. The molecule has 0 amide bonds. The van der Waals surface area contributed by atoms with Crippen LogP contribution in [-0.4, -0.2) is 16.5 Å². The van der Waals surface area contributed by atoms with Crippen LogP contribution in [0.3, 0.4) is 0 Å². The molecule has 0 saturated heterocycles. The van der Waals surface area contributed by atoms with Gasteiger partial charge in [0.2, 0.25) is 0 Å². The van der Waals surface area contributed by atoms with Crippen molar-refractivity contribution in [2.24, 2.45) is 11.8 Å². The molecule has 0 aliphatic heterocycles. The normalized spacial score (nSPS) is 24.5. The highest BCUT2D eigenvalue weighted by molar-refractivity contribution is 5.29. The largest absolute Gasteiger partial charge is 0.365 e. The monoisotopic (exact) mass is 235 g/mol. The smallest absolute Gasteiger partial charge is 0.290 e. The molecule has 94 valence electrons. The van der Waals surface area contributed by atoms with Crippen molar-refractivity contribution in [2.75, 3.05) is 11.9 Å². The Bertz CT molecular complexity index is 402. The van der Waals surface area contributed by atoms with Gasteiger partial charge in [0.25, 0.3) is 5.56 Å². The first kappa shape index (κ1) is 12.1. The quantitative estimate of drug-likeness (QED) is 0.842. The summed E-state index contributed by atoms with van der Waals surface area (Å²) in [6.07, 6.45) is 9.70. The van der Waals surface area contributed by atoms with Crippen LogP contribution < -0.4 is 10.9 Å². The summed E-state index contributed by atoms with van der Waals surface area (Å²) in [6.45, 7) is 3.18.